The van der Waals surface area contributed by atoms with Gasteiger partial charge in [0.2, 0.25) is 11.8 Å². The third-order valence-electron chi connectivity index (χ3n) is 15.5. The Morgan fingerprint density at radius 3 is 1.67 bits per heavy atom. The van der Waals surface area contributed by atoms with E-state index in [4.69, 9.17) is 33.2 Å². The highest BCUT2D eigenvalue weighted by Crippen LogP contribution is 2.34. The first-order valence-corrected chi connectivity index (χ1v) is 31.3. The molecule has 1 aromatic heterocycles. The quantitative estimate of drug-likeness (QED) is 0.0305. The summed E-state index contributed by atoms with van der Waals surface area (Å²) >= 11 is 0. The molecule has 0 radical (unpaired) electrons. The molecule has 2 amide bonds. The van der Waals surface area contributed by atoms with E-state index in [2.05, 4.69) is 34.8 Å². The van der Waals surface area contributed by atoms with Crippen molar-refractivity contribution in [2.45, 2.75) is 253 Å². The van der Waals surface area contributed by atoms with Crippen LogP contribution in [0.25, 0.3) is 0 Å². The van der Waals surface area contributed by atoms with Gasteiger partial charge in [0.1, 0.15) is 37.6 Å². The second kappa shape index (κ2) is 42.1. The van der Waals surface area contributed by atoms with E-state index in [1.54, 1.807) is 10.9 Å². The second-order valence-corrected chi connectivity index (χ2v) is 22.5. The molecule has 1 saturated heterocycles. The van der Waals surface area contributed by atoms with Crippen molar-refractivity contribution in [2.75, 3.05) is 19.8 Å². The molecular formula is C65H101N5O13. The van der Waals surface area contributed by atoms with Gasteiger partial charge >= 0.3 is 23.9 Å². The molecule has 3 aromatic rings. The lowest BCUT2D eigenvalue weighted by atomic mass is 9.83. The molecule has 1 aliphatic heterocycles. The predicted octanol–water partition coefficient (Wildman–Crippen LogP) is 11.8. The van der Waals surface area contributed by atoms with E-state index in [9.17, 15) is 28.8 Å². The molecular weight excluding hydrogens is 1060 g/mol. The molecule has 2 aromatic carbocycles. The number of rotatable bonds is 45. The Morgan fingerprint density at radius 2 is 1.13 bits per heavy atom. The van der Waals surface area contributed by atoms with Crippen LogP contribution in [0, 0.1) is 17.8 Å². The fraction of sp³-hybridized carbons (Fsp3) is 0.692. The Labute approximate surface area is 495 Å². The number of hydrogen-bond acceptors (Lipinski definition) is 15. The van der Waals surface area contributed by atoms with Crippen LogP contribution >= 0.6 is 0 Å². The highest BCUT2D eigenvalue weighted by atomic mass is 16.7. The van der Waals surface area contributed by atoms with Gasteiger partial charge in [-0.15, -0.1) is 5.10 Å². The van der Waals surface area contributed by atoms with Crippen LogP contribution in [0.5, 0.6) is 0 Å². The number of unbranched alkanes of at least 4 members (excludes halogenated alkanes) is 18. The van der Waals surface area contributed by atoms with Crippen LogP contribution in [0.1, 0.15) is 212 Å². The second-order valence-electron chi connectivity index (χ2n) is 22.5. The first-order chi connectivity index (χ1) is 40.3. The summed E-state index contributed by atoms with van der Waals surface area (Å²) in [6.07, 6.45) is 24.2. The molecule has 464 valence electrons. The molecule has 83 heavy (non-hydrogen) atoms. The zero-order chi connectivity index (χ0) is 59.9. The van der Waals surface area contributed by atoms with Gasteiger partial charge in [0, 0.05) is 32.1 Å². The highest BCUT2D eigenvalue weighted by molar-refractivity contribution is 5.91. The van der Waals surface area contributed by atoms with Crippen molar-refractivity contribution in [1.82, 2.24) is 25.6 Å². The standard InChI is InChI=1S/C65H101N5O13/c1-7-9-11-13-15-17-19-21-23-31-37-55(38-32-24-22-20-18-16-14-12-10-8-2)62(74)67-58(63(75)66-57(64(76)81-45-54-35-29-26-30-36-54)39-40-60(73)80-44-53-33-27-25-28-34-53)47-77-46-56-43-70(69-68-56)41-42-78-65-61(82-52(6)72)50(4)49(3)59(83-65)48-79-51(5)71/h25-30,33-36,43,49-50,55,57-59,61,65H,7-24,31-32,37-42,44-48H2,1-6H3,(H,66,75)(H,67,74)/t49-,50-,57+,58-,59?,61?,65+/m0/s1. The van der Waals surface area contributed by atoms with Gasteiger partial charge in [0.15, 0.2) is 12.4 Å². The summed E-state index contributed by atoms with van der Waals surface area (Å²) in [5.74, 6) is -3.75. The molecule has 0 aliphatic carbocycles. The summed E-state index contributed by atoms with van der Waals surface area (Å²) in [6.45, 7) is 11.0. The van der Waals surface area contributed by atoms with E-state index < -0.39 is 60.4 Å². The zero-order valence-electron chi connectivity index (χ0n) is 51.0. The van der Waals surface area contributed by atoms with Gasteiger partial charge in [0.05, 0.1) is 38.7 Å². The molecule has 1 aliphatic rings. The Morgan fingerprint density at radius 1 is 0.602 bits per heavy atom. The van der Waals surface area contributed by atoms with Crippen molar-refractivity contribution in [2.24, 2.45) is 17.8 Å². The molecule has 0 spiro atoms. The molecule has 0 bridgehead atoms. The van der Waals surface area contributed by atoms with E-state index in [1.165, 1.54) is 104 Å². The number of nitrogens with zero attached hydrogens (tertiary/aromatic N) is 3. The number of esters is 4. The molecule has 18 heteroatoms. The number of ether oxygens (including phenoxy) is 7. The number of aromatic nitrogens is 3. The molecule has 2 heterocycles. The van der Waals surface area contributed by atoms with Crippen LogP contribution in [0.3, 0.4) is 0 Å². The number of nitrogens with one attached hydrogen (secondary N) is 2. The van der Waals surface area contributed by atoms with Crippen molar-refractivity contribution in [3.05, 3.63) is 83.7 Å². The number of carbonyl (C=O) groups is 6. The maximum Gasteiger partial charge on any atom is 0.328 e. The fourth-order valence-electron chi connectivity index (χ4n) is 10.3. The third kappa shape index (κ3) is 29.6. The van der Waals surface area contributed by atoms with Gasteiger partial charge in [-0.05, 0) is 36.3 Å². The minimum absolute atomic E-state index is 0.0272. The summed E-state index contributed by atoms with van der Waals surface area (Å²) in [7, 11) is 0. The van der Waals surface area contributed by atoms with Crippen molar-refractivity contribution in [3.8, 4) is 0 Å². The fourth-order valence-corrected chi connectivity index (χ4v) is 10.3. The number of benzene rings is 2. The monoisotopic (exact) mass is 1160 g/mol. The number of hydrogen-bond donors (Lipinski definition) is 2. The normalized spacial score (nSPS) is 17.6. The SMILES string of the molecule is CCCCCCCCCCCCC(CCCCCCCCCCCC)C(=O)N[C@@H](COCc1cn(CCO[C@@H]2OC(COC(C)=O)[C@@H](C)[C@H](C)C2OC(C)=O)nn1)C(=O)N[C@H](CCC(=O)OCc1ccccc1)C(=O)OCc1ccccc1. The average Bonchev–Trinajstić information content (AvgIpc) is 3.95. The van der Waals surface area contributed by atoms with Gasteiger partial charge < -0.3 is 43.8 Å². The molecule has 2 unspecified atom stereocenters. The largest absolute Gasteiger partial charge is 0.463 e. The molecule has 18 nitrogen and oxygen atoms in total. The average molecular weight is 1160 g/mol. The molecule has 0 saturated carbocycles. The van der Waals surface area contributed by atoms with Crippen LogP contribution in [0.2, 0.25) is 0 Å². The van der Waals surface area contributed by atoms with E-state index in [0.29, 0.717) is 18.5 Å². The first kappa shape index (κ1) is 69.8. The van der Waals surface area contributed by atoms with E-state index in [1.807, 2.05) is 74.5 Å². The van der Waals surface area contributed by atoms with Crippen molar-refractivity contribution in [3.63, 3.8) is 0 Å². The predicted molar refractivity (Wildman–Crippen MR) is 317 cm³/mol. The summed E-state index contributed by atoms with van der Waals surface area (Å²) < 4.78 is 42.1. The minimum Gasteiger partial charge on any atom is -0.463 e. The topological polar surface area (TPSA) is 222 Å². The maximum absolute atomic E-state index is 14.6. The summed E-state index contributed by atoms with van der Waals surface area (Å²) in [6, 6.07) is 15.9. The third-order valence-corrected chi connectivity index (χ3v) is 15.5. The van der Waals surface area contributed by atoms with Crippen LogP contribution in [-0.4, -0.2) is 101 Å². The van der Waals surface area contributed by atoms with Crippen molar-refractivity contribution >= 4 is 35.7 Å². The Kier molecular flexibility index (Phi) is 35.4. The lowest BCUT2D eigenvalue weighted by Crippen LogP contribution is -2.54. The van der Waals surface area contributed by atoms with Crippen LogP contribution < -0.4 is 10.6 Å². The van der Waals surface area contributed by atoms with E-state index in [-0.39, 0.29) is 82.7 Å². The van der Waals surface area contributed by atoms with Crippen molar-refractivity contribution in [1.29, 1.82) is 0 Å². The molecule has 4 rings (SSSR count). The highest BCUT2D eigenvalue weighted by Gasteiger charge is 2.44. The Hall–Kier alpha value is -5.72. The molecule has 1 fully saturated rings. The summed E-state index contributed by atoms with van der Waals surface area (Å²) in [5, 5.41) is 14.4. The Bertz CT molecular complexity index is 2240. The Balaban J connectivity index is 1.48. The van der Waals surface area contributed by atoms with Crippen LogP contribution in [0.15, 0.2) is 66.9 Å². The molecule has 7 atom stereocenters. The lowest BCUT2D eigenvalue weighted by Gasteiger charge is -2.43. The lowest BCUT2D eigenvalue weighted by molar-refractivity contribution is -0.280. The smallest absolute Gasteiger partial charge is 0.328 e. The first-order valence-electron chi connectivity index (χ1n) is 31.3. The van der Waals surface area contributed by atoms with Gasteiger partial charge in [-0.2, -0.15) is 0 Å². The maximum atomic E-state index is 14.6. The number of carbonyl (C=O) groups excluding carboxylic acids is 6. The van der Waals surface area contributed by atoms with Gasteiger partial charge in [-0.3, -0.25) is 24.0 Å². The van der Waals surface area contributed by atoms with Crippen LogP contribution in [-0.2, 0) is 88.3 Å². The van der Waals surface area contributed by atoms with Crippen LogP contribution in [0.4, 0.5) is 0 Å². The zero-order valence-corrected chi connectivity index (χ0v) is 51.0. The van der Waals surface area contributed by atoms with Gasteiger partial charge in [-0.25, -0.2) is 9.48 Å². The summed E-state index contributed by atoms with van der Waals surface area (Å²) in [4.78, 5) is 79.8. The van der Waals surface area contributed by atoms with Gasteiger partial charge in [-0.1, -0.05) is 222 Å². The molecule has 2 N–H and O–H groups in total. The van der Waals surface area contributed by atoms with Gasteiger partial charge in [0.25, 0.3) is 0 Å². The van der Waals surface area contributed by atoms with Crippen molar-refractivity contribution < 1.29 is 61.9 Å². The number of amides is 2. The van der Waals surface area contributed by atoms with E-state index >= 15 is 0 Å². The minimum atomic E-state index is -1.26. The summed E-state index contributed by atoms with van der Waals surface area (Å²) in [5.41, 5.74) is 1.98. The van der Waals surface area contributed by atoms with E-state index in [0.717, 1.165) is 49.7 Å².